The molecule has 3 aromatic rings. The molecule has 0 saturated carbocycles. The highest BCUT2D eigenvalue weighted by atomic mass is 32.1. The lowest BCUT2D eigenvalue weighted by atomic mass is 10.2. The summed E-state index contributed by atoms with van der Waals surface area (Å²) in [4.78, 5) is 9.08. The molecular formula is C15H12N2O2S. The second-order valence-electron chi connectivity index (χ2n) is 4.58. The van der Waals surface area contributed by atoms with E-state index in [0.29, 0.717) is 6.79 Å². The van der Waals surface area contributed by atoms with Gasteiger partial charge in [0.15, 0.2) is 11.5 Å². The van der Waals surface area contributed by atoms with Crippen molar-refractivity contribution in [1.29, 1.82) is 0 Å². The SMILES string of the molecule is CCc1ccc(-c2nc3cc4c(cc3s2)OCO4)cn1. The van der Waals surface area contributed by atoms with Crippen molar-refractivity contribution in [3.8, 4) is 22.1 Å². The minimum Gasteiger partial charge on any atom is -0.454 e. The van der Waals surface area contributed by atoms with Gasteiger partial charge >= 0.3 is 0 Å². The first-order chi connectivity index (χ1) is 9.83. The standard InChI is InChI=1S/C15H12N2O2S/c1-2-10-4-3-9(7-16-10)15-17-11-5-12-13(19-8-18-12)6-14(11)20-15/h3-7H,2,8H2,1H3. The zero-order chi connectivity index (χ0) is 13.5. The molecule has 0 spiro atoms. The molecule has 20 heavy (non-hydrogen) atoms. The molecule has 1 aliphatic rings. The number of aromatic nitrogens is 2. The van der Waals surface area contributed by atoms with Gasteiger partial charge in [-0.1, -0.05) is 6.92 Å². The topological polar surface area (TPSA) is 44.2 Å². The fourth-order valence-corrected chi connectivity index (χ4v) is 3.17. The van der Waals surface area contributed by atoms with Gasteiger partial charge in [-0.3, -0.25) is 4.98 Å². The van der Waals surface area contributed by atoms with E-state index in [1.54, 1.807) is 11.3 Å². The summed E-state index contributed by atoms with van der Waals surface area (Å²) in [5, 5.41) is 0.971. The van der Waals surface area contributed by atoms with Crippen LogP contribution in [0.1, 0.15) is 12.6 Å². The Hall–Kier alpha value is -2.14. The van der Waals surface area contributed by atoms with Crippen LogP contribution in [-0.2, 0) is 6.42 Å². The quantitative estimate of drug-likeness (QED) is 0.720. The van der Waals surface area contributed by atoms with Crippen molar-refractivity contribution in [2.45, 2.75) is 13.3 Å². The lowest BCUT2D eigenvalue weighted by Crippen LogP contribution is -1.92. The highest BCUT2D eigenvalue weighted by Crippen LogP contribution is 2.39. The zero-order valence-corrected chi connectivity index (χ0v) is 11.7. The third-order valence-electron chi connectivity index (χ3n) is 3.32. The molecule has 2 aromatic heterocycles. The minimum atomic E-state index is 0.294. The van der Waals surface area contributed by atoms with Gasteiger partial charge < -0.3 is 9.47 Å². The highest BCUT2D eigenvalue weighted by molar-refractivity contribution is 7.21. The molecule has 1 aliphatic heterocycles. The molecule has 0 saturated heterocycles. The molecular weight excluding hydrogens is 272 g/mol. The van der Waals surface area contributed by atoms with Crippen molar-refractivity contribution in [2.24, 2.45) is 0 Å². The molecule has 0 unspecified atom stereocenters. The normalized spacial score (nSPS) is 13.1. The van der Waals surface area contributed by atoms with E-state index in [4.69, 9.17) is 9.47 Å². The highest BCUT2D eigenvalue weighted by Gasteiger charge is 2.17. The van der Waals surface area contributed by atoms with Crippen molar-refractivity contribution in [1.82, 2.24) is 9.97 Å². The number of benzene rings is 1. The van der Waals surface area contributed by atoms with Crippen LogP contribution in [0.25, 0.3) is 20.8 Å². The van der Waals surface area contributed by atoms with E-state index in [-0.39, 0.29) is 0 Å². The molecule has 0 aliphatic carbocycles. The van der Waals surface area contributed by atoms with Crippen LogP contribution in [0.2, 0.25) is 0 Å². The Balaban J connectivity index is 1.80. The smallest absolute Gasteiger partial charge is 0.231 e. The first-order valence-corrected chi connectivity index (χ1v) is 7.30. The average molecular weight is 284 g/mol. The van der Waals surface area contributed by atoms with E-state index >= 15 is 0 Å². The summed E-state index contributed by atoms with van der Waals surface area (Å²) in [5.74, 6) is 1.57. The molecule has 1 aromatic carbocycles. The van der Waals surface area contributed by atoms with Crippen LogP contribution in [-0.4, -0.2) is 16.8 Å². The molecule has 0 bridgehead atoms. The second kappa shape index (κ2) is 4.45. The Morgan fingerprint density at radius 1 is 1.20 bits per heavy atom. The Morgan fingerprint density at radius 3 is 2.80 bits per heavy atom. The Kier molecular flexibility index (Phi) is 2.60. The van der Waals surface area contributed by atoms with Gasteiger partial charge in [0.05, 0.1) is 10.2 Å². The van der Waals surface area contributed by atoms with Crippen LogP contribution >= 0.6 is 11.3 Å². The molecule has 100 valence electrons. The van der Waals surface area contributed by atoms with Crippen LogP contribution in [0.3, 0.4) is 0 Å². The fraction of sp³-hybridized carbons (Fsp3) is 0.200. The molecule has 0 N–H and O–H groups in total. The van der Waals surface area contributed by atoms with Crippen LogP contribution in [0.15, 0.2) is 30.5 Å². The van der Waals surface area contributed by atoms with Crippen molar-refractivity contribution < 1.29 is 9.47 Å². The van der Waals surface area contributed by atoms with Gasteiger partial charge in [0.2, 0.25) is 6.79 Å². The summed E-state index contributed by atoms with van der Waals surface area (Å²) >= 11 is 1.64. The largest absolute Gasteiger partial charge is 0.454 e. The lowest BCUT2D eigenvalue weighted by Gasteiger charge is -1.97. The van der Waals surface area contributed by atoms with Crippen LogP contribution in [0, 0.1) is 0 Å². The third kappa shape index (κ3) is 1.82. The van der Waals surface area contributed by atoms with Crippen molar-refractivity contribution in [2.75, 3.05) is 6.79 Å². The van der Waals surface area contributed by atoms with Crippen molar-refractivity contribution >= 4 is 21.6 Å². The zero-order valence-electron chi connectivity index (χ0n) is 10.9. The summed E-state index contributed by atoms with van der Waals surface area (Å²) in [5.41, 5.74) is 3.08. The first kappa shape index (κ1) is 11.7. The number of fused-ring (bicyclic) bond motifs is 2. The molecule has 3 heterocycles. The molecule has 4 rings (SSSR count). The maximum absolute atomic E-state index is 5.40. The summed E-state index contributed by atoms with van der Waals surface area (Å²) in [7, 11) is 0. The molecule has 0 radical (unpaired) electrons. The van der Waals surface area contributed by atoms with Gasteiger partial charge in [-0.05, 0) is 18.6 Å². The number of pyridine rings is 1. The van der Waals surface area contributed by atoms with E-state index in [1.165, 1.54) is 0 Å². The number of rotatable bonds is 2. The number of ether oxygens (including phenoxy) is 2. The lowest BCUT2D eigenvalue weighted by molar-refractivity contribution is 0.174. The number of aryl methyl sites for hydroxylation is 1. The van der Waals surface area contributed by atoms with E-state index in [1.807, 2.05) is 24.4 Å². The van der Waals surface area contributed by atoms with Gasteiger partial charge in [-0.2, -0.15) is 0 Å². The van der Waals surface area contributed by atoms with Crippen LogP contribution in [0.4, 0.5) is 0 Å². The first-order valence-electron chi connectivity index (χ1n) is 6.49. The molecule has 4 nitrogen and oxygen atoms in total. The van der Waals surface area contributed by atoms with Gasteiger partial charge in [0.25, 0.3) is 0 Å². The average Bonchev–Trinajstić information content (AvgIpc) is 3.10. The van der Waals surface area contributed by atoms with E-state index in [2.05, 4.69) is 23.0 Å². The maximum Gasteiger partial charge on any atom is 0.231 e. The molecule has 0 fully saturated rings. The van der Waals surface area contributed by atoms with Crippen LogP contribution < -0.4 is 9.47 Å². The Morgan fingerprint density at radius 2 is 2.05 bits per heavy atom. The summed E-state index contributed by atoms with van der Waals surface area (Å²) in [6.45, 7) is 2.39. The summed E-state index contributed by atoms with van der Waals surface area (Å²) < 4.78 is 11.9. The van der Waals surface area contributed by atoms with Gasteiger partial charge in [0, 0.05) is 29.6 Å². The van der Waals surface area contributed by atoms with Gasteiger partial charge in [0.1, 0.15) is 5.01 Å². The predicted molar refractivity (Wildman–Crippen MR) is 78.4 cm³/mol. The number of nitrogens with zero attached hydrogens (tertiary/aromatic N) is 2. The van der Waals surface area contributed by atoms with E-state index in [9.17, 15) is 0 Å². The maximum atomic E-state index is 5.40. The van der Waals surface area contributed by atoms with Gasteiger partial charge in [-0.25, -0.2) is 4.98 Å². The fourth-order valence-electron chi connectivity index (χ4n) is 2.20. The molecule has 0 atom stereocenters. The summed E-state index contributed by atoms with van der Waals surface area (Å²) in [6.07, 6.45) is 2.83. The van der Waals surface area contributed by atoms with E-state index in [0.717, 1.165) is 44.4 Å². The molecule has 5 heteroatoms. The predicted octanol–water partition coefficient (Wildman–Crippen LogP) is 3.65. The van der Waals surface area contributed by atoms with Crippen molar-refractivity contribution in [3.63, 3.8) is 0 Å². The van der Waals surface area contributed by atoms with Crippen molar-refractivity contribution in [3.05, 3.63) is 36.2 Å². The number of hydrogen-bond donors (Lipinski definition) is 0. The second-order valence-corrected chi connectivity index (χ2v) is 5.61. The number of hydrogen-bond acceptors (Lipinski definition) is 5. The van der Waals surface area contributed by atoms with E-state index < -0.39 is 0 Å². The van der Waals surface area contributed by atoms with Gasteiger partial charge in [-0.15, -0.1) is 11.3 Å². The van der Waals surface area contributed by atoms with Crippen LogP contribution in [0.5, 0.6) is 11.5 Å². The Labute approximate surface area is 120 Å². The monoisotopic (exact) mass is 284 g/mol. The molecule has 0 amide bonds. The minimum absolute atomic E-state index is 0.294. The number of thiazole rings is 1. The Bertz CT molecular complexity index is 739. The summed E-state index contributed by atoms with van der Waals surface area (Å²) in [6, 6.07) is 8.05. The third-order valence-corrected chi connectivity index (χ3v) is 4.38.